The molecule has 3 rings (SSSR count). The second kappa shape index (κ2) is 6.27. The normalized spacial score (nSPS) is 14.9. The first kappa shape index (κ1) is 14.7. The van der Waals surface area contributed by atoms with Crippen LogP contribution in [0.15, 0.2) is 24.4 Å². The summed E-state index contributed by atoms with van der Waals surface area (Å²) in [5.74, 6) is -0.545. The summed E-state index contributed by atoms with van der Waals surface area (Å²) >= 11 is 0. The van der Waals surface area contributed by atoms with Gasteiger partial charge in [-0.05, 0) is 17.6 Å². The Balaban J connectivity index is 1.85. The first-order valence-electron chi connectivity index (χ1n) is 6.80. The number of nitrogens with zero attached hydrogens (tertiary/aromatic N) is 3. The molecular weight excluding hydrogens is 289 g/mol. The van der Waals surface area contributed by atoms with E-state index in [1.165, 1.54) is 6.20 Å². The topological polar surface area (TPSA) is 50.3 Å². The predicted molar refractivity (Wildman–Crippen MR) is 80.1 cm³/mol. The number of nitrogens with one attached hydrogen (secondary N) is 1. The Kier molecular flexibility index (Phi) is 4.19. The molecule has 5 nitrogen and oxygen atoms in total. The molecule has 0 bridgehead atoms. The van der Waals surface area contributed by atoms with Crippen molar-refractivity contribution in [3.05, 3.63) is 36.0 Å². The lowest BCUT2D eigenvalue weighted by Crippen LogP contribution is -2.39. The molecule has 2 aromatic rings. The van der Waals surface area contributed by atoms with Gasteiger partial charge in [0.15, 0.2) is 0 Å². The summed E-state index contributed by atoms with van der Waals surface area (Å²) in [7, 11) is 5.91. The van der Waals surface area contributed by atoms with Crippen LogP contribution in [0.3, 0.4) is 0 Å². The third-order valence-corrected chi connectivity index (χ3v) is 3.23. The molecule has 1 saturated heterocycles. The van der Waals surface area contributed by atoms with Crippen LogP contribution >= 0.6 is 0 Å². The van der Waals surface area contributed by atoms with Gasteiger partial charge in [0, 0.05) is 31.0 Å². The zero-order valence-electron chi connectivity index (χ0n) is 11.7. The lowest BCUT2D eigenvalue weighted by molar-refractivity contribution is 0.122. The number of aromatic nitrogens is 2. The highest BCUT2D eigenvalue weighted by atomic mass is 19.1. The zero-order chi connectivity index (χ0) is 15.5. The van der Waals surface area contributed by atoms with Gasteiger partial charge >= 0.3 is 0 Å². The van der Waals surface area contributed by atoms with E-state index in [0.717, 1.165) is 18.2 Å². The van der Waals surface area contributed by atoms with Crippen LogP contribution in [0, 0.1) is 11.6 Å². The zero-order valence-corrected chi connectivity index (χ0v) is 11.7. The molecule has 1 fully saturated rings. The van der Waals surface area contributed by atoms with Crippen LogP contribution in [0.1, 0.15) is 0 Å². The van der Waals surface area contributed by atoms with Crippen LogP contribution in [0.5, 0.6) is 0 Å². The van der Waals surface area contributed by atoms with E-state index in [9.17, 15) is 8.78 Å². The largest absolute Gasteiger partial charge is 0.378 e. The Morgan fingerprint density at radius 1 is 1.14 bits per heavy atom. The second-order valence-corrected chi connectivity index (χ2v) is 4.86. The van der Waals surface area contributed by atoms with Crippen molar-refractivity contribution in [1.82, 2.24) is 9.97 Å². The molecule has 8 heteroatoms. The molecule has 0 saturated carbocycles. The molecule has 1 aromatic heterocycles. The lowest BCUT2D eigenvalue weighted by atomic mass is 9.98. The molecule has 2 heterocycles. The summed E-state index contributed by atoms with van der Waals surface area (Å²) in [4.78, 5) is 10.4. The van der Waals surface area contributed by atoms with E-state index < -0.39 is 11.6 Å². The maximum Gasteiger partial charge on any atom is 0.229 e. The maximum atomic E-state index is 13.2. The number of benzene rings is 1. The van der Waals surface area contributed by atoms with Crippen molar-refractivity contribution in [2.75, 3.05) is 36.5 Å². The molecule has 1 aromatic carbocycles. The average molecular weight is 302 g/mol. The van der Waals surface area contributed by atoms with E-state index in [1.807, 2.05) is 4.90 Å². The Hall–Kier alpha value is -2.22. The molecule has 0 spiro atoms. The van der Waals surface area contributed by atoms with Gasteiger partial charge in [-0.1, -0.05) is 0 Å². The molecule has 112 valence electrons. The summed E-state index contributed by atoms with van der Waals surface area (Å²) in [6.45, 7) is 2.55. The number of morpholine rings is 1. The minimum Gasteiger partial charge on any atom is -0.378 e. The smallest absolute Gasteiger partial charge is 0.229 e. The Morgan fingerprint density at radius 3 is 2.50 bits per heavy atom. The number of halogens is 2. The summed E-state index contributed by atoms with van der Waals surface area (Å²) in [5, 5.41) is 2.78. The Bertz CT molecular complexity index is 660. The number of hydrogen-bond donors (Lipinski definition) is 1. The van der Waals surface area contributed by atoms with Crippen molar-refractivity contribution in [2.24, 2.45) is 0 Å². The molecular formula is C14H13BF2N4O. The van der Waals surface area contributed by atoms with Gasteiger partial charge in [0.2, 0.25) is 5.95 Å². The molecule has 1 aliphatic rings. The number of hydrogen-bond acceptors (Lipinski definition) is 5. The summed E-state index contributed by atoms with van der Waals surface area (Å²) < 4.78 is 31.7. The van der Waals surface area contributed by atoms with Crippen molar-refractivity contribution < 1.29 is 13.5 Å². The van der Waals surface area contributed by atoms with Gasteiger partial charge in [-0.2, -0.15) is 4.98 Å². The van der Waals surface area contributed by atoms with E-state index in [2.05, 4.69) is 15.3 Å². The van der Waals surface area contributed by atoms with Crippen LogP contribution in [0.2, 0.25) is 0 Å². The van der Waals surface area contributed by atoms with E-state index in [0.29, 0.717) is 37.6 Å². The summed E-state index contributed by atoms with van der Waals surface area (Å²) in [5.41, 5.74) is 0.674. The molecule has 0 atom stereocenters. The van der Waals surface area contributed by atoms with Crippen molar-refractivity contribution >= 4 is 30.8 Å². The third-order valence-electron chi connectivity index (χ3n) is 3.23. The molecule has 22 heavy (non-hydrogen) atoms. The van der Waals surface area contributed by atoms with Crippen LogP contribution in [0.4, 0.5) is 26.2 Å². The monoisotopic (exact) mass is 302 g/mol. The van der Waals surface area contributed by atoms with E-state index in [4.69, 9.17) is 12.6 Å². The van der Waals surface area contributed by atoms with Crippen LogP contribution in [-0.2, 0) is 4.74 Å². The summed E-state index contributed by atoms with van der Waals surface area (Å²) in [6.07, 6.45) is 1.47. The Labute approximate surface area is 127 Å². The first-order chi connectivity index (χ1) is 10.6. The molecule has 0 unspecified atom stereocenters. The van der Waals surface area contributed by atoms with Crippen LogP contribution in [-0.4, -0.2) is 44.1 Å². The first-order valence-corrected chi connectivity index (χ1v) is 6.80. The molecule has 1 N–H and O–H groups in total. The Morgan fingerprint density at radius 2 is 1.82 bits per heavy atom. The maximum absolute atomic E-state index is 13.2. The highest BCUT2D eigenvalue weighted by Crippen LogP contribution is 2.18. The van der Waals surface area contributed by atoms with Gasteiger partial charge in [-0.15, -0.1) is 0 Å². The quantitative estimate of drug-likeness (QED) is 0.861. The lowest BCUT2D eigenvalue weighted by Gasteiger charge is -2.29. The second-order valence-electron chi connectivity index (χ2n) is 4.86. The minimum atomic E-state index is -0.675. The van der Waals surface area contributed by atoms with Crippen molar-refractivity contribution in [3.63, 3.8) is 0 Å². The fourth-order valence-electron chi connectivity index (χ4n) is 2.23. The van der Waals surface area contributed by atoms with E-state index in [-0.39, 0.29) is 11.6 Å². The van der Waals surface area contributed by atoms with Crippen molar-refractivity contribution in [1.29, 1.82) is 0 Å². The van der Waals surface area contributed by atoms with Gasteiger partial charge in [0.1, 0.15) is 25.3 Å². The van der Waals surface area contributed by atoms with E-state index in [1.54, 1.807) is 0 Å². The SMILES string of the molecule is [B]c1cnc(Nc2cc(F)cc(F)c2)nc1N1CCOCC1. The van der Waals surface area contributed by atoms with Crippen molar-refractivity contribution in [3.8, 4) is 0 Å². The molecule has 0 amide bonds. The van der Waals surface area contributed by atoms with Gasteiger partial charge in [-0.3, -0.25) is 0 Å². The summed E-state index contributed by atoms with van der Waals surface area (Å²) in [6, 6.07) is 3.13. The van der Waals surface area contributed by atoms with E-state index >= 15 is 0 Å². The highest BCUT2D eigenvalue weighted by Gasteiger charge is 2.15. The van der Waals surface area contributed by atoms with Gasteiger partial charge in [0.25, 0.3) is 0 Å². The molecule has 1 aliphatic heterocycles. The fraction of sp³-hybridized carbons (Fsp3) is 0.286. The van der Waals surface area contributed by atoms with Crippen LogP contribution < -0.4 is 15.7 Å². The number of rotatable bonds is 3. The predicted octanol–water partition coefficient (Wildman–Crippen LogP) is 1.13. The standard InChI is InChI=1S/C14H13BF2N4O/c15-12-8-18-14(19-11-6-9(16)5-10(17)7-11)20-13(12)21-1-3-22-4-2-21/h5-8H,1-4H2,(H,18,19,20). The molecule has 0 aliphatic carbocycles. The van der Waals surface area contributed by atoms with Gasteiger partial charge < -0.3 is 15.0 Å². The molecule has 2 radical (unpaired) electrons. The van der Waals surface area contributed by atoms with Gasteiger partial charge in [-0.25, -0.2) is 13.8 Å². The van der Waals surface area contributed by atoms with Gasteiger partial charge in [0.05, 0.1) is 13.2 Å². The van der Waals surface area contributed by atoms with Crippen LogP contribution in [0.25, 0.3) is 0 Å². The number of anilines is 3. The number of ether oxygens (including phenoxy) is 1. The van der Waals surface area contributed by atoms with Crippen molar-refractivity contribution in [2.45, 2.75) is 0 Å². The highest BCUT2D eigenvalue weighted by molar-refractivity contribution is 6.35. The minimum absolute atomic E-state index is 0.223. The fourth-order valence-corrected chi connectivity index (χ4v) is 2.23. The average Bonchev–Trinajstić information content (AvgIpc) is 2.49. The third kappa shape index (κ3) is 3.33.